The molecule has 0 unspecified atom stereocenters. The van der Waals surface area contributed by atoms with Crippen molar-refractivity contribution in [2.45, 2.75) is 12.4 Å². The largest absolute Gasteiger partial charge is 0.417 e. The number of alkyl halides is 6. The van der Waals surface area contributed by atoms with Gasteiger partial charge in [0.25, 0.3) is 0 Å². The zero-order valence-corrected chi connectivity index (χ0v) is 35.7. The Kier molecular flexibility index (Phi) is 10.9. The quantitative estimate of drug-likeness (QED) is 0.0865. The lowest BCUT2D eigenvalue weighted by Crippen LogP contribution is -2.14. The molecule has 0 fully saturated rings. The molecule has 0 aliphatic carbocycles. The molecule has 0 atom stereocenters. The fourth-order valence-corrected chi connectivity index (χ4v) is 9.10. The molecule has 4 nitrogen and oxygen atoms in total. The van der Waals surface area contributed by atoms with E-state index in [-0.39, 0.29) is 45.4 Å². The first kappa shape index (κ1) is 44.9. The molecule has 0 spiro atoms. The van der Waals surface area contributed by atoms with Crippen molar-refractivity contribution < 1.29 is 43.9 Å². The second-order valence-corrected chi connectivity index (χ2v) is 16.2. The summed E-state index contributed by atoms with van der Waals surface area (Å²) in [5.74, 6) is -4.74. The van der Waals surface area contributed by atoms with Crippen LogP contribution in [0.1, 0.15) is 16.7 Å². The zero-order chi connectivity index (χ0) is 49.2. The van der Waals surface area contributed by atoms with E-state index in [1.807, 2.05) is 6.07 Å². The molecule has 10 aromatic carbocycles. The molecule has 342 valence electrons. The molecule has 0 amide bonds. The van der Waals surface area contributed by atoms with E-state index in [1.165, 1.54) is 70.5 Å². The Balaban J connectivity index is 1.23. The van der Waals surface area contributed by atoms with E-state index in [9.17, 15) is 31.6 Å². The van der Waals surface area contributed by atoms with E-state index in [1.54, 1.807) is 48.5 Å². The summed E-state index contributed by atoms with van der Waals surface area (Å²) in [5, 5.41) is 13.0. The highest BCUT2D eigenvalue weighted by atomic mass is 19.4. The third kappa shape index (κ3) is 7.69. The topological polar surface area (TPSA) is 34.6 Å². The van der Waals surface area contributed by atoms with E-state index >= 15 is 17.6 Å². The highest BCUT2D eigenvalue weighted by Crippen LogP contribution is 2.50. The summed E-state index contributed by atoms with van der Waals surface area (Å²) in [4.78, 5) is 6.27. The Morgan fingerprint density at radius 2 is 0.829 bits per heavy atom. The number of nitriles is 1. The molecule has 10 rings (SSSR count). The maximum absolute atomic E-state index is 16.5. The normalized spacial score (nSPS) is 11.8. The fourth-order valence-electron chi connectivity index (χ4n) is 9.10. The van der Waals surface area contributed by atoms with E-state index in [2.05, 4.69) is 4.85 Å². The molecule has 0 N–H and O–H groups in total. The summed E-state index contributed by atoms with van der Waals surface area (Å²) in [6, 6.07) is 39.5. The Morgan fingerprint density at radius 1 is 0.429 bits per heavy atom. The van der Waals surface area contributed by atoms with Gasteiger partial charge in [0.15, 0.2) is 5.69 Å². The minimum absolute atomic E-state index is 0.229. The molecule has 0 saturated carbocycles. The van der Waals surface area contributed by atoms with E-state index in [4.69, 9.17) is 6.57 Å². The second-order valence-electron chi connectivity index (χ2n) is 16.2. The van der Waals surface area contributed by atoms with Crippen LogP contribution in [-0.2, 0) is 12.4 Å². The van der Waals surface area contributed by atoms with Crippen LogP contribution in [0.15, 0.2) is 170 Å². The first-order chi connectivity index (χ1) is 33.5. The molecule has 70 heavy (non-hydrogen) atoms. The van der Waals surface area contributed by atoms with Gasteiger partial charge in [-0.05, 0) is 105 Å². The van der Waals surface area contributed by atoms with Crippen LogP contribution >= 0.6 is 0 Å². The van der Waals surface area contributed by atoms with Crippen LogP contribution in [0.4, 0.5) is 83.7 Å². The van der Waals surface area contributed by atoms with Crippen molar-refractivity contribution in [3.8, 4) is 28.3 Å². The molecule has 0 aromatic heterocycles. The SMILES string of the molecule is [C-]#[N+]c1ccc(N(c2cc(-c3ccccc3C(F)(F)F)c(F)cc2F)c2ccc3ccc4c(N(c5ccc(C#N)cc5)c5cc(-c6ccccc6C(F)(F)F)c(F)cc5F)ccc5ccc2c3c54)cc1. The van der Waals surface area contributed by atoms with Crippen LogP contribution in [0.25, 0.3) is 59.4 Å². The van der Waals surface area contributed by atoms with Gasteiger partial charge >= 0.3 is 12.4 Å². The predicted molar refractivity (Wildman–Crippen MR) is 251 cm³/mol. The maximum atomic E-state index is 16.5. The number of halogens is 10. The Morgan fingerprint density at radius 3 is 1.23 bits per heavy atom. The summed E-state index contributed by atoms with van der Waals surface area (Å²) in [6.07, 6.45) is -9.79. The Labute approximate surface area is 391 Å². The van der Waals surface area contributed by atoms with E-state index < -0.39 is 69.0 Å². The summed E-state index contributed by atoms with van der Waals surface area (Å²) in [5.41, 5.74) is -3.54. The molecule has 0 aliphatic rings. The van der Waals surface area contributed by atoms with Gasteiger partial charge in [-0.3, -0.25) is 0 Å². The third-order valence-electron chi connectivity index (χ3n) is 12.2. The van der Waals surface area contributed by atoms with Gasteiger partial charge < -0.3 is 9.80 Å². The van der Waals surface area contributed by atoms with Crippen LogP contribution in [0.3, 0.4) is 0 Å². The predicted octanol–water partition coefficient (Wildman–Crippen LogP) is 17.9. The van der Waals surface area contributed by atoms with Gasteiger partial charge in [0, 0.05) is 45.4 Å². The molecule has 0 heterocycles. The monoisotopic (exact) mass is 946 g/mol. The number of nitrogens with zero attached hydrogens (tertiary/aromatic N) is 4. The lowest BCUT2D eigenvalue weighted by molar-refractivity contribution is -0.137. The van der Waals surface area contributed by atoms with Gasteiger partial charge in [-0.15, -0.1) is 0 Å². The highest BCUT2D eigenvalue weighted by molar-refractivity contribution is 6.28. The van der Waals surface area contributed by atoms with Crippen molar-refractivity contribution in [2.24, 2.45) is 0 Å². The van der Waals surface area contributed by atoms with Crippen molar-refractivity contribution in [3.63, 3.8) is 0 Å². The first-order valence-corrected chi connectivity index (χ1v) is 21.2. The van der Waals surface area contributed by atoms with E-state index in [0.29, 0.717) is 44.5 Å². The standard InChI is InChI=1S/C56H28F10N4/c1-68-34-16-20-36(21-17-34)70(52-27-42(46(58)29-48(52)60)38-7-3-5-9-44(38)56(64,65)66)50-25-15-33-12-22-39-49(24-14-32-13-23-40(50)54(33)53(32)39)69(35-18-10-31(30-67)11-19-35)51-26-41(45(57)28-47(51)59)37-6-2-4-8-43(37)55(61,62)63/h2-29H. The van der Waals surface area contributed by atoms with Crippen molar-refractivity contribution in [1.29, 1.82) is 5.26 Å². The molecular weight excluding hydrogens is 919 g/mol. The molecule has 0 bridgehead atoms. The molecule has 0 radical (unpaired) electrons. The minimum atomic E-state index is -4.89. The summed E-state index contributed by atoms with van der Waals surface area (Å²) in [7, 11) is 0. The lowest BCUT2D eigenvalue weighted by Gasteiger charge is -2.30. The third-order valence-corrected chi connectivity index (χ3v) is 12.2. The number of benzene rings is 10. The summed E-state index contributed by atoms with van der Waals surface area (Å²) in [6.45, 7) is 7.53. The first-order valence-electron chi connectivity index (χ1n) is 21.2. The van der Waals surface area contributed by atoms with Crippen LogP contribution in [0, 0.1) is 41.2 Å². The van der Waals surface area contributed by atoms with E-state index in [0.717, 1.165) is 48.5 Å². The Bertz CT molecular complexity index is 3530. The molecule has 0 saturated heterocycles. The molecule has 10 aromatic rings. The number of rotatable bonds is 8. The van der Waals surface area contributed by atoms with Crippen LogP contribution in [-0.4, -0.2) is 0 Å². The smallest absolute Gasteiger partial charge is 0.307 e. The van der Waals surface area contributed by atoms with Crippen molar-refractivity contribution in [2.75, 3.05) is 9.80 Å². The van der Waals surface area contributed by atoms with Crippen molar-refractivity contribution in [3.05, 3.63) is 221 Å². The maximum Gasteiger partial charge on any atom is 0.417 e. The van der Waals surface area contributed by atoms with Gasteiger partial charge in [0.1, 0.15) is 23.3 Å². The molecule has 14 heteroatoms. The minimum Gasteiger partial charge on any atom is -0.307 e. The average molecular weight is 947 g/mol. The highest BCUT2D eigenvalue weighted by Gasteiger charge is 2.36. The van der Waals surface area contributed by atoms with Gasteiger partial charge in [-0.2, -0.15) is 31.6 Å². The van der Waals surface area contributed by atoms with Crippen molar-refractivity contribution >= 4 is 72.1 Å². The number of anilines is 6. The molecular formula is C56H28F10N4. The molecule has 0 aliphatic heterocycles. The summed E-state index contributed by atoms with van der Waals surface area (Å²) < 4.78 is 151. The van der Waals surface area contributed by atoms with Gasteiger partial charge in [0.2, 0.25) is 0 Å². The second kappa shape index (κ2) is 17.0. The van der Waals surface area contributed by atoms with Crippen molar-refractivity contribution in [1.82, 2.24) is 0 Å². The fraction of sp³-hybridized carbons (Fsp3) is 0.0357. The van der Waals surface area contributed by atoms with Gasteiger partial charge in [-0.1, -0.05) is 84.9 Å². The van der Waals surface area contributed by atoms with Gasteiger partial charge in [-0.25, -0.2) is 22.4 Å². The number of hydrogen-bond acceptors (Lipinski definition) is 3. The average Bonchev–Trinajstić information content (AvgIpc) is 3.35. The number of hydrogen-bond donors (Lipinski definition) is 0. The van der Waals surface area contributed by atoms with Crippen LogP contribution in [0.2, 0.25) is 0 Å². The summed E-state index contributed by atoms with van der Waals surface area (Å²) >= 11 is 0. The Hall–Kier alpha value is -8.88. The zero-order valence-electron chi connectivity index (χ0n) is 35.7. The van der Waals surface area contributed by atoms with Crippen LogP contribution in [0.5, 0.6) is 0 Å². The van der Waals surface area contributed by atoms with Gasteiger partial charge in [0.05, 0.1) is 52.1 Å². The lowest BCUT2D eigenvalue weighted by atomic mass is 9.91. The van der Waals surface area contributed by atoms with Crippen LogP contribution < -0.4 is 9.80 Å².